The lowest BCUT2D eigenvalue weighted by Crippen LogP contribution is -2.26. The van der Waals surface area contributed by atoms with Crippen LogP contribution in [0.25, 0.3) is 0 Å². The number of benzene rings is 1. The molecule has 2 aromatic rings. The molecular formula is C19H24ClN3O4. The Morgan fingerprint density at radius 2 is 2.11 bits per heavy atom. The van der Waals surface area contributed by atoms with Crippen LogP contribution in [-0.2, 0) is 17.6 Å². The number of aryl methyl sites for hydroxylation is 1. The Labute approximate surface area is 163 Å². The molecule has 1 N–H and O–H groups in total. The molecule has 146 valence electrons. The zero-order valence-corrected chi connectivity index (χ0v) is 16.3. The minimum atomic E-state index is -0.0750. The molecule has 27 heavy (non-hydrogen) atoms. The van der Waals surface area contributed by atoms with Crippen molar-refractivity contribution in [1.82, 2.24) is 15.5 Å². The van der Waals surface area contributed by atoms with Crippen LogP contribution >= 0.6 is 11.6 Å². The van der Waals surface area contributed by atoms with Gasteiger partial charge in [0.2, 0.25) is 11.8 Å². The van der Waals surface area contributed by atoms with Crippen molar-refractivity contribution in [1.29, 1.82) is 0 Å². The van der Waals surface area contributed by atoms with E-state index in [0.29, 0.717) is 54.4 Å². The standard InChI is InChI=1S/C19H24ClN3O4/c1-12(2)19-22-17(27-23-19)5-3-6-21-16(24)11-13-9-14(20)18-15(10-13)25-7-4-8-26-18/h9-10,12H,3-8,11H2,1-2H3,(H,21,24). The van der Waals surface area contributed by atoms with Crippen molar-refractivity contribution in [2.45, 2.75) is 45.4 Å². The van der Waals surface area contributed by atoms with Gasteiger partial charge in [0, 0.05) is 25.3 Å². The summed E-state index contributed by atoms with van der Waals surface area (Å²) in [6, 6.07) is 3.57. The van der Waals surface area contributed by atoms with E-state index in [2.05, 4.69) is 15.5 Å². The first-order valence-corrected chi connectivity index (χ1v) is 9.58. The molecule has 0 unspecified atom stereocenters. The quantitative estimate of drug-likeness (QED) is 0.726. The molecule has 1 amide bonds. The fourth-order valence-electron chi connectivity index (χ4n) is 2.71. The SMILES string of the molecule is CC(C)c1noc(CCCNC(=O)Cc2cc(Cl)c3c(c2)OCCCO3)n1. The van der Waals surface area contributed by atoms with E-state index in [1.165, 1.54) is 0 Å². The Kier molecular flexibility index (Phi) is 6.55. The van der Waals surface area contributed by atoms with Crippen molar-refractivity contribution in [2.24, 2.45) is 0 Å². The maximum absolute atomic E-state index is 12.2. The van der Waals surface area contributed by atoms with Crippen LogP contribution in [0.3, 0.4) is 0 Å². The highest BCUT2D eigenvalue weighted by molar-refractivity contribution is 6.32. The molecule has 3 rings (SSSR count). The van der Waals surface area contributed by atoms with Gasteiger partial charge in [-0.05, 0) is 24.1 Å². The van der Waals surface area contributed by atoms with Gasteiger partial charge in [0.1, 0.15) is 0 Å². The van der Waals surface area contributed by atoms with Gasteiger partial charge >= 0.3 is 0 Å². The van der Waals surface area contributed by atoms with Gasteiger partial charge in [0.25, 0.3) is 0 Å². The number of amides is 1. The van der Waals surface area contributed by atoms with Gasteiger partial charge in [-0.25, -0.2) is 0 Å². The Morgan fingerprint density at radius 3 is 2.89 bits per heavy atom. The summed E-state index contributed by atoms with van der Waals surface area (Å²) in [5, 5.41) is 7.29. The average molecular weight is 394 g/mol. The van der Waals surface area contributed by atoms with Crippen LogP contribution < -0.4 is 14.8 Å². The number of hydrogen-bond donors (Lipinski definition) is 1. The van der Waals surface area contributed by atoms with E-state index in [4.69, 9.17) is 25.6 Å². The summed E-state index contributed by atoms with van der Waals surface area (Å²) in [6.07, 6.45) is 2.40. The number of nitrogens with zero attached hydrogens (tertiary/aromatic N) is 2. The highest BCUT2D eigenvalue weighted by atomic mass is 35.5. The minimum absolute atomic E-state index is 0.0750. The first-order chi connectivity index (χ1) is 13.0. The molecule has 0 aliphatic carbocycles. The van der Waals surface area contributed by atoms with Crippen molar-refractivity contribution in [3.05, 3.63) is 34.4 Å². The highest BCUT2D eigenvalue weighted by Crippen LogP contribution is 2.38. The van der Waals surface area contributed by atoms with Crippen molar-refractivity contribution in [3.8, 4) is 11.5 Å². The predicted molar refractivity (Wildman–Crippen MR) is 100 cm³/mol. The van der Waals surface area contributed by atoms with Crippen LogP contribution in [0.2, 0.25) is 5.02 Å². The van der Waals surface area contributed by atoms with Gasteiger partial charge < -0.3 is 19.3 Å². The van der Waals surface area contributed by atoms with E-state index in [0.717, 1.165) is 18.4 Å². The lowest BCUT2D eigenvalue weighted by atomic mass is 10.1. The number of nitrogens with one attached hydrogen (secondary N) is 1. The molecule has 0 saturated carbocycles. The normalized spacial score (nSPS) is 13.5. The molecule has 7 nitrogen and oxygen atoms in total. The predicted octanol–water partition coefficient (Wildman–Crippen LogP) is 3.30. The second-order valence-corrected chi connectivity index (χ2v) is 7.19. The van der Waals surface area contributed by atoms with Gasteiger partial charge in [-0.2, -0.15) is 4.98 Å². The summed E-state index contributed by atoms with van der Waals surface area (Å²) in [7, 11) is 0. The maximum Gasteiger partial charge on any atom is 0.226 e. The van der Waals surface area contributed by atoms with E-state index >= 15 is 0 Å². The van der Waals surface area contributed by atoms with Crippen molar-refractivity contribution in [2.75, 3.05) is 19.8 Å². The van der Waals surface area contributed by atoms with Gasteiger partial charge in [-0.1, -0.05) is 30.6 Å². The topological polar surface area (TPSA) is 86.5 Å². The maximum atomic E-state index is 12.2. The summed E-state index contributed by atoms with van der Waals surface area (Å²) >= 11 is 6.26. The lowest BCUT2D eigenvalue weighted by molar-refractivity contribution is -0.120. The van der Waals surface area contributed by atoms with Crippen LogP contribution in [-0.4, -0.2) is 35.8 Å². The Bertz CT molecular complexity index is 791. The number of halogens is 1. The molecule has 0 spiro atoms. The molecule has 8 heteroatoms. The van der Waals surface area contributed by atoms with Crippen LogP contribution in [0.15, 0.2) is 16.7 Å². The molecule has 2 heterocycles. The van der Waals surface area contributed by atoms with Crippen LogP contribution in [0.1, 0.15) is 49.9 Å². The van der Waals surface area contributed by atoms with Crippen LogP contribution in [0, 0.1) is 0 Å². The van der Waals surface area contributed by atoms with Crippen LogP contribution in [0.5, 0.6) is 11.5 Å². The zero-order chi connectivity index (χ0) is 19.2. The smallest absolute Gasteiger partial charge is 0.226 e. The molecule has 1 aromatic carbocycles. The number of carbonyl (C=O) groups is 1. The number of fused-ring (bicyclic) bond motifs is 1. The van der Waals surface area contributed by atoms with Gasteiger partial charge in [-0.15, -0.1) is 0 Å². The number of rotatable bonds is 7. The fraction of sp³-hybridized carbons (Fsp3) is 0.526. The highest BCUT2D eigenvalue weighted by Gasteiger charge is 2.17. The van der Waals surface area contributed by atoms with Gasteiger partial charge in [0.15, 0.2) is 17.3 Å². The second kappa shape index (κ2) is 9.08. The molecular weight excluding hydrogens is 370 g/mol. The first-order valence-electron chi connectivity index (χ1n) is 9.20. The molecule has 0 saturated heterocycles. The fourth-order valence-corrected chi connectivity index (χ4v) is 2.99. The molecule has 1 aromatic heterocycles. The van der Waals surface area contributed by atoms with Gasteiger partial charge in [0.05, 0.1) is 24.7 Å². The minimum Gasteiger partial charge on any atom is -0.489 e. The van der Waals surface area contributed by atoms with E-state index < -0.39 is 0 Å². The third kappa shape index (κ3) is 5.35. The monoisotopic (exact) mass is 393 g/mol. The zero-order valence-electron chi connectivity index (χ0n) is 15.6. The summed E-state index contributed by atoms with van der Waals surface area (Å²) in [4.78, 5) is 16.5. The second-order valence-electron chi connectivity index (χ2n) is 6.79. The van der Waals surface area contributed by atoms with Crippen molar-refractivity contribution < 1.29 is 18.8 Å². The van der Waals surface area contributed by atoms with E-state index in [-0.39, 0.29) is 18.2 Å². The number of ether oxygens (including phenoxy) is 2. The summed E-state index contributed by atoms with van der Waals surface area (Å²) in [5.41, 5.74) is 0.792. The molecule has 1 aliphatic rings. The molecule has 1 aliphatic heterocycles. The average Bonchev–Trinajstić information content (AvgIpc) is 2.97. The molecule has 0 fully saturated rings. The number of hydrogen-bond acceptors (Lipinski definition) is 6. The third-order valence-electron chi connectivity index (χ3n) is 4.12. The lowest BCUT2D eigenvalue weighted by Gasteiger charge is -2.11. The van der Waals surface area contributed by atoms with E-state index in [1.807, 2.05) is 19.9 Å². The van der Waals surface area contributed by atoms with E-state index in [9.17, 15) is 4.79 Å². The molecule has 0 atom stereocenters. The van der Waals surface area contributed by atoms with Crippen molar-refractivity contribution >= 4 is 17.5 Å². The van der Waals surface area contributed by atoms with Gasteiger partial charge in [-0.3, -0.25) is 4.79 Å². The molecule has 0 radical (unpaired) electrons. The summed E-state index contributed by atoms with van der Waals surface area (Å²) < 4.78 is 16.4. The Morgan fingerprint density at radius 1 is 1.30 bits per heavy atom. The number of carbonyl (C=O) groups excluding carboxylic acids is 1. The summed E-state index contributed by atoms with van der Waals surface area (Å²) in [6.45, 7) is 5.72. The van der Waals surface area contributed by atoms with Crippen LogP contribution in [0.4, 0.5) is 0 Å². The first kappa shape index (κ1) is 19.5. The third-order valence-corrected chi connectivity index (χ3v) is 4.40. The Balaban J connectivity index is 1.46. The number of aromatic nitrogens is 2. The molecule has 0 bridgehead atoms. The largest absolute Gasteiger partial charge is 0.489 e. The van der Waals surface area contributed by atoms with E-state index in [1.54, 1.807) is 6.07 Å². The van der Waals surface area contributed by atoms with Crippen molar-refractivity contribution in [3.63, 3.8) is 0 Å². The summed E-state index contributed by atoms with van der Waals surface area (Å²) in [5.74, 6) is 2.63. The Hall–Kier alpha value is -2.28.